The molecule has 2 aromatic heterocycles. The van der Waals surface area contributed by atoms with Crippen LogP contribution in [0.2, 0.25) is 0 Å². The topological polar surface area (TPSA) is 121 Å². The van der Waals surface area contributed by atoms with Gasteiger partial charge in [-0.15, -0.1) is 5.10 Å². The fourth-order valence-electron chi connectivity index (χ4n) is 4.74. The SMILES string of the molecule is CCOC1Nc2cccc(C(=O)O)c2N1Cc1ccc(-c2c(-c3nnn[nH]3)cc(C)n2CC)cc1. The van der Waals surface area contributed by atoms with Crippen molar-refractivity contribution < 1.29 is 14.6 Å². The van der Waals surface area contributed by atoms with Gasteiger partial charge >= 0.3 is 5.97 Å². The minimum atomic E-state index is -0.966. The highest BCUT2D eigenvalue weighted by molar-refractivity contribution is 5.99. The number of anilines is 2. The molecule has 10 heteroatoms. The third-order valence-electron chi connectivity index (χ3n) is 6.24. The summed E-state index contributed by atoms with van der Waals surface area (Å²) in [6.45, 7) is 7.90. The molecule has 4 aromatic rings. The third kappa shape index (κ3) is 4.01. The van der Waals surface area contributed by atoms with E-state index in [1.54, 1.807) is 12.1 Å². The average molecular weight is 474 g/mol. The standard InChI is InChI=1S/C25H27N7O3/c1-4-31-15(3)13-19(23-27-29-30-28-23)21(31)17-11-9-16(10-12-17)14-32-22-18(24(33)34)7-6-8-20(22)26-25(32)35-5-2/h6-13,25-26H,4-5,14H2,1-3H3,(H,33,34)(H,27,28,29,30). The number of fused-ring (bicyclic) bond motifs is 1. The molecule has 1 aliphatic heterocycles. The van der Waals surface area contributed by atoms with Crippen LogP contribution in [0.5, 0.6) is 0 Å². The van der Waals surface area contributed by atoms with Gasteiger partial charge in [-0.2, -0.15) is 0 Å². The van der Waals surface area contributed by atoms with Crippen LogP contribution in [0.15, 0.2) is 48.5 Å². The summed E-state index contributed by atoms with van der Waals surface area (Å²) >= 11 is 0. The zero-order valence-electron chi connectivity index (χ0n) is 19.8. The predicted octanol–water partition coefficient (Wildman–Crippen LogP) is 4.11. The van der Waals surface area contributed by atoms with Gasteiger partial charge in [0.25, 0.3) is 0 Å². The number of hydrogen-bond donors (Lipinski definition) is 3. The first-order valence-electron chi connectivity index (χ1n) is 11.6. The van der Waals surface area contributed by atoms with E-state index >= 15 is 0 Å². The molecule has 0 bridgehead atoms. The van der Waals surface area contributed by atoms with Crippen LogP contribution in [-0.4, -0.2) is 49.2 Å². The molecule has 35 heavy (non-hydrogen) atoms. The highest BCUT2D eigenvalue weighted by Crippen LogP contribution is 2.39. The highest BCUT2D eigenvalue weighted by Gasteiger charge is 2.33. The second-order valence-electron chi connectivity index (χ2n) is 8.33. The fraction of sp³-hybridized carbons (Fsp3) is 0.280. The van der Waals surface area contributed by atoms with Gasteiger partial charge in [0.05, 0.1) is 22.6 Å². The van der Waals surface area contributed by atoms with Gasteiger partial charge in [-0.3, -0.25) is 0 Å². The van der Waals surface area contributed by atoms with Crippen molar-refractivity contribution in [3.63, 3.8) is 0 Å². The van der Waals surface area contributed by atoms with Gasteiger partial charge in [0.15, 0.2) is 5.82 Å². The van der Waals surface area contributed by atoms with Crippen molar-refractivity contribution in [3.8, 4) is 22.6 Å². The predicted molar refractivity (Wildman–Crippen MR) is 132 cm³/mol. The molecule has 2 aromatic carbocycles. The number of carboxylic acid groups (broad SMARTS) is 1. The maximum absolute atomic E-state index is 11.9. The largest absolute Gasteiger partial charge is 0.478 e. The van der Waals surface area contributed by atoms with Gasteiger partial charge in [-0.05, 0) is 60.5 Å². The number of aromatic nitrogens is 5. The van der Waals surface area contributed by atoms with E-state index in [4.69, 9.17) is 4.74 Å². The Morgan fingerprint density at radius 1 is 1.17 bits per heavy atom. The van der Waals surface area contributed by atoms with E-state index in [1.807, 2.05) is 17.9 Å². The van der Waals surface area contributed by atoms with Crippen molar-refractivity contribution in [2.24, 2.45) is 0 Å². The van der Waals surface area contributed by atoms with E-state index < -0.39 is 12.3 Å². The number of nitrogens with one attached hydrogen (secondary N) is 2. The van der Waals surface area contributed by atoms with E-state index in [0.717, 1.165) is 40.3 Å². The van der Waals surface area contributed by atoms with Crippen LogP contribution in [0.1, 0.15) is 35.5 Å². The number of H-pyrrole nitrogens is 1. The fourth-order valence-corrected chi connectivity index (χ4v) is 4.74. The Balaban J connectivity index is 1.49. The van der Waals surface area contributed by atoms with E-state index in [9.17, 15) is 9.90 Å². The molecule has 0 fully saturated rings. The first-order chi connectivity index (χ1) is 17.0. The number of para-hydroxylation sites is 1. The van der Waals surface area contributed by atoms with Crippen LogP contribution in [0.25, 0.3) is 22.6 Å². The molecule has 0 radical (unpaired) electrons. The molecule has 180 valence electrons. The summed E-state index contributed by atoms with van der Waals surface area (Å²) < 4.78 is 8.12. The van der Waals surface area contributed by atoms with Gasteiger partial charge in [0.2, 0.25) is 6.35 Å². The average Bonchev–Trinajstić information content (AvgIpc) is 3.58. The number of benzene rings is 2. The summed E-state index contributed by atoms with van der Waals surface area (Å²) in [5.74, 6) is -0.342. The van der Waals surface area contributed by atoms with Crippen molar-refractivity contribution in [2.45, 2.75) is 40.2 Å². The van der Waals surface area contributed by atoms with E-state index in [-0.39, 0.29) is 5.56 Å². The Hall–Kier alpha value is -4.18. The van der Waals surface area contributed by atoms with Crippen molar-refractivity contribution in [1.82, 2.24) is 25.2 Å². The zero-order valence-corrected chi connectivity index (χ0v) is 19.8. The smallest absolute Gasteiger partial charge is 0.337 e. The molecule has 1 unspecified atom stereocenters. The van der Waals surface area contributed by atoms with Crippen LogP contribution in [0.4, 0.5) is 11.4 Å². The molecular formula is C25H27N7O3. The molecule has 3 N–H and O–H groups in total. The number of nitrogens with zero attached hydrogens (tertiary/aromatic N) is 5. The van der Waals surface area contributed by atoms with Crippen molar-refractivity contribution in [1.29, 1.82) is 0 Å². The van der Waals surface area contributed by atoms with Gasteiger partial charge in [-0.1, -0.05) is 30.3 Å². The summed E-state index contributed by atoms with van der Waals surface area (Å²) in [6.07, 6.45) is -0.444. The summed E-state index contributed by atoms with van der Waals surface area (Å²) in [5, 5.41) is 27.5. The molecule has 0 spiro atoms. The Morgan fingerprint density at radius 3 is 2.63 bits per heavy atom. The summed E-state index contributed by atoms with van der Waals surface area (Å²) in [7, 11) is 0. The molecule has 0 saturated carbocycles. The van der Waals surface area contributed by atoms with Crippen LogP contribution in [-0.2, 0) is 17.8 Å². The first-order valence-corrected chi connectivity index (χ1v) is 11.6. The van der Waals surface area contributed by atoms with Crippen molar-refractivity contribution in [2.75, 3.05) is 16.8 Å². The molecule has 3 heterocycles. The van der Waals surface area contributed by atoms with Gasteiger partial charge in [0.1, 0.15) is 0 Å². The van der Waals surface area contributed by atoms with Crippen LogP contribution < -0.4 is 10.2 Å². The number of ether oxygens (including phenoxy) is 1. The molecule has 1 aliphatic rings. The van der Waals surface area contributed by atoms with Gasteiger partial charge in [-0.25, -0.2) is 9.89 Å². The third-order valence-corrected chi connectivity index (χ3v) is 6.24. The molecule has 0 amide bonds. The maximum Gasteiger partial charge on any atom is 0.337 e. The number of carboxylic acids is 1. The van der Waals surface area contributed by atoms with Crippen LogP contribution >= 0.6 is 0 Å². The number of carbonyl (C=O) groups is 1. The lowest BCUT2D eigenvalue weighted by molar-refractivity contribution is 0.0694. The minimum absolute atomic E-state index is 0.246. The summed E-state index contributed by atoms with van der Waals surface area (Å²) in [5.41, 5.74) is 6.82. The van der Waals surface area contributed by atoms with E-state index in [0.29, 0.717) is 24.7 Å². The van der Waals surface area contributed by atoms with Crippen molar-refractivity contribution >= 4 is 17.3 Å². The molecule has 0 saturated heterocycles. The quantitative estimate of drug-likeness (QED) is 0.350. The van der Waals surface area contributed by atoms with Gasteiger partial charge in [0, 0.05) is 31.0 Å². The Kier molecular flexibility index (Phi) is 5.96. The van der Waals surface area contributed by atoms with Crippen LogP contribution in [0.3, 0.4) is 0 Å². The number of aromatic carboxylic acids is 1. The molecule has 5 rings (SSSR count). The molecular weight excluding hydrogens is 446 g/mol. The summed E-state index contributed by atoms with van der Waals surface area (Å²) in [4.78, 5) is 13.9. The normalized spacial score (nSPS) is 14.7. The van der Waals surface area contributed by atoms with E-state index in [2.05, 4.69) is 74.7 Å². The Morgan fingerprint density at radius 2 is 1.97 bits per heavy atom. The Labute approximate surface area is 202 Å². The molecule has 1 atom stereocenters. The lowest BCUT2D eigenvalue weighted by Crippen LogP contribution is -2.38. The first kappa shape index (κ1) is 22.6. The van der Waals surface area contributed by atoms with Gasteiger partial charge < -0.3 is 24.6 Å². The molecule has 10 nitrogen and oxygen atoms in total. The number of hydrogen-bond acceptors (Lipinski definition) is 7. The maximum atomic E-state index is 11.9. The Bertz CT molecular complexity index is 1350. The summed E-state index contributed by atoms with van der Waals surface area (Å²) in [6, 6.07) is 15.6. The number of aryl methyl sites for hydroxylation is 1. The minimum Gasteiger partial charge on any atom is -0.478 e. The zero-order chi connectivity index (χ0) is 24.5. The highest BCUT2D eigenvalue weighted by atomic mass is 16.5. The second kappa shape index (κ2) is 9.22. The number of aromatic amines is 1. The number of rotatable bonds is 8. The monoisotopic (exact) mass is 473 g/mol. The van der Waals surface area contributed by atoms with Crippen LogP contribution in [0, 0.1) is 6.92 Å². The van der Waals surface area contributed by atoms with Crippen molar-refractivity contribution in [3.05, 3.63) is 65.4 Å². The second-order valence-corrected chi connectivity index (χ2v) is 8.33. The molecule has 0 aliphatic carbocycles. The lowest BCUT2D eigenvalue weighted by Gasteiger charge is -2.27. The number of tetrazole rings is 1. The van der Waals surface area contributed by atoms with E-state index in [1.165, 1.54) is 0 Å². The lowest BCUT2D eigenvalue weighted by atomic mass is 10.0.